The highest BCUT2D eigenvalue weighted by Crippen LogP contribution is 2.29. The molecule has 17 heavy (non-hydrogen) atoms. The van der Waals surface area contributed by atoms with Crippen molar-refractivity contribution in [3.05, 3.63) is 65.2 Å². The molecule has 1 aromatic heterocycles. The molecule has 2 nitrogen and oxygen atoms in total. The van der Waals surface area contributed by atoms with Gasteiger partial charge in [0.05, 0.1) is 11.9 Å². The van der Waals surface area contributed by atoms with Gasteiger partial charge in [-0.2, -0.15) is 0 Å². The second-order valence-corrected chi connectivity index (χ2v) is 4.25. The van der Waals surface area contributed by atoms with Crippen molar-refractivity contribution < 1.29 is 9.50 Å². The van der Waals surface area contributed by atoms with Crippen molar-refractivity contribution in [2.45, 2.75) is 19.4 Å². The first-order chi connectivity index (χ1) is 8.01. The number of nitrogens with zero attached hydrogens (tertiary/aromatic N) is 1. The average Bonchev–Trinajstić information content (AvgIpc) is 2.30. The zero-order valence-electron chi connectivity index (χ0n) is 9.81. The number of aliphatic hydroxyl groups is 1. The third-order valence-electron chi connectivity index (χ3n) is 2.90. The van der Waals surface area contributed by atoms with Crippen LogP contribution < -0.4 is 0 Å². The van der Waals surface area contributed by atoms with Gasteiger partial charge >= 0.3 is 0 Å². The van der Waals surface area contributed by atoms with Crippen molar-refractivity contribution in [1.29, 1.82) is 0 Å². The maximum atomic E-state index is 12.8. The molecule has 1 aromatic carbocycles. The molecule has 0 saturated heterocycles. The first kappa shape index (κ1) is 11.7. The van der Waals surface area contributed by atoms with Crippen LogP contribution in [-0.2, 0) is 5.60 Å². The van der Waals surface area contributed by atoms with E-state index in [1.807, 2.05) is 31.2 Å². The second kappa shape index (κ2) is 4.26. The predicted octanol–water partition coefficient (Wildman–Crippen LogP) is 2.78. The smallest absolute Gasteiger partial charge is 0.141 e. The average molecular weight is 231 g/mol. The highest BCUT2D eigenvalue weighted by Gasteiger charge is 2.28. The summed E-state index contributed by atoms with van der Waals surface area (Å²) in [6, 6.07) is 10.3. The van der Waals surface area contributed by atoms with Gasteiger partial charge in [0.1, 0.15) is 11.4 Å². The third-order valence-corrected chi connectivity index (χ3v) is 2.90. The highest BCUT2D eigenvalue weighted by atomic mass is 19.1. The minimum Gasteiger partial charge on any atom is -0.379 e. The predicted molar refractivity (Wildman–Crippen MR) is 64.0 cm³/mol. The minimum atomic E-state index is -1.21. The molecule has 0 aliphatic heterocycles. The summed E-state index contributed by atoms with van der Waals surface area (Å²) >= 11 is 0. The monoisotopic (exact) mass is 231 g/mol. The van der Waals surface area contributed by atoms with Crippen molar-refractivity contribution in [3.8, 4) is 0 Å². The second-order valence-electron chi connectivity index (χ2n) is 4.25. The van der Waals surface area contributed by atoms with E-state index in [1.165, 1.54) is 12.1 Å². The van der Waals surface area contributed by atoms with Gasteiger partial charge in [0, 0.05) is 0 Å². The number of halogens is 1. The van der Waals surface area contributed by atoms with E-state index in [1.54, 1.807) is 6.92 Å². The van der Waals surface area contributed by atoms with Crippen molar-refractivity contribution in [3.63, 3.8) is 0 Å². The van der Waals surface area contributed by atoms with Gasteiger partial charge in [0.2, 0.25) is 0 Å². The Bertz CT molecular complexity index is 520. The van der Waals surface area contributed by atoms with Crippen LogP contribution in [0.25, 0.3) is 0 Å². The van der Waals surface area contributed by atoms with Crippen LogP contribution in [0.1, 0.15) is 23.7 Å². The van der Waals surface area contributed by atoms with E-state index in [4.69, 9.17) is 0 Å². The molecule has 3 heteroatoms. The molecule has 1 heterocycles. The normalized spacial score (nSPS) is 14.4. The van der Waals surface area contributed by atoms with Gasteiger partial charge in [0.15, 0.2) is 0 Å². The Balaban J connectivity index is 2.49. The van der Waals surface area contributed by atoms with E-state index in [-0.39, 0.29) is 0 Å². The van der Waals surface area contributed by atoms with Crippen LogP contribution in [0.15, 0.2) is 42.6 Å². The summed E-state index contributed by atoms with van der Waals surface area (Å²) in [7, 11) is 0. The van der Waals surface area contributed by atoms with Gasteiger partial charge in [0.25, 0.3) is 0 Å². The molecule has 88 valence electrons. The fraction of sp³-hybridized carbons (Fsp3) is 0.214. The molecule has 0 spiro atoms. The quantitative estimate of drug-likeness (QED) is 0.862. The summed E-state index contributed by atoms with van der Waals surface area (Å²) in [6.45, 7) is 3.59. The lowest BCUT2D eigenvalue weighted by molar-refractivity contribution is 0.0966. The maximum Gasteiger partial charge on any atom is 0.141 e. The zero-order chi connectivity index (χ0) is 12.5. The molecule has 0 bridgehead atoms. The fourth-order valence-corrected chi connectivity index (χ4v) is 1.92. The molecule has 2 aromatic rings. The Labute approximate surface area is 99.8 Å². The van der Waals surface area contributed by atoms with E-state index in [2.05, 4.69) is 4.98 Å². The van der Waals surface area contributed by atoms with Crippen LogP contribution in [0.5, 0.6) is 0 Å². The Hall–Kier alpha value is -1.74. The summed E-state index contributed by atoms with van der Waals surface area (Å²) in [5, 5.41) is 10.5. The van der Waals surface area contributed by atoms with Crippen LogP contribution in [0, 0.1) is 12.7 Å². The first-order valence-electron chi connectivity index (χ1n) is 5.42. The first-order valence-corrected chi connectivity index (χ1v) is 5.42. The molecule has 0 aliphatic rings. The SMILES string of the molecule is Cc1ccccc1C(C)(O)c1ccc(F)cn1. The molecule has 2 rings (SSSR count). The van der Waals surface area contributed by atoms with Gasteiger partial charge in [-0.05, 0) is 37.1 Å². The summed E-state index contributed by atoms with van der Waals surface area (Å²) in [4.78, 5) is 3.94. The molecule has 1 N–H and O–H groups in total. The standard InChI is InChI=1S/C14H14FNO/c1-10-5-3-4-6-12(10)14(2,17)13-8-7-11(15)9-16-13/h3-9,17H,1-2H3. The van der Waals surface area contributed by atoms with Crippen LogP contribution in [-0.4, -0.2) is 10.1 Å². The van der Waals surface area contributed by atoms with Crippen LogP contribution in [0.3, 0.4) is 0 Å². The van der Waals surface area contributed by atoms with E-state index < -0.39 is 11.4 Å². The molecule has 1 unspecified atom stereocenters. The van der Waals surface area contributed by atoms with Crippen LogP contribution >= 0.6 is 0 Å². The number of aryl methyl sites for hydroxylation is 1. The lowest BCUT2D eigenvalue weighted by atomic mass is 9.89. The van der Waals surface area contributed by atoms with E-state index in [0.717, 1.165) is 17.3 Å². The molecule has 0 saturated carbocycles. The molecule has 1 atom stereocenters. The Morgan fingerprint density at radius 2 is 1.88 bits per heavy atom. The van der Waals surface area contributed by atoms with Crippen LogP contribution in [0.4, 0.5) is 4.39 Å². The molecule has 0 amide bonds. The molecule has 0 fully saturated rings. The van der Waals surface area contributed by atoms with Crippen molar-refractivity contribution in [2.75, 3.05) is 0 Å². The number of rotatable bonds is 2. The largest absolute Gasteiger partial charge is 0.379 e. The van der Waals surface area contributed by atoms with Gasteiger partial charge in [-0.25, -0.2) is 4.39 Å². The van der Waals surface area contributed by atoms with Crippen molar-refractivity contribution in [1.82, 2.24) is 4.98 Å². The van der Waals surface area contributed by atoms with E-state index in [9.17, 15) is 9.50 Å². The summed E-state index contributed by atoms with van der Waals surface area (Å²) in [6.07, 6.45) is 1.11. The molecule has 0 radical (unpaired) electrons. The van der Waals surface area contributed by atoms with Gasteiger partial charge in [-0.3, -0.25) is 4.98 Å². The van der Waals surface area contributed by atoms with Crippen LogP contribution in [0.2, 0.25) is 0 Å². The molecule has 0 aliphatic carbocycles. The Morgan fingerprint density at radius 1 is 1.18 bits per heavy atom. The van der Waals surface area contributed by atoms with Gasteiger partial charge < -0.3 is 5.11 Å². The number of pyridine rings is 1. The fourth-order valence-electron chi connectivity index (χ4n) is 1.92. The van der Waals surface area contributed by atoms with Crippen molar-refractivity contribution >= 4 is 0 Å². The number of hydrogen-bond acceptors (Lipinski definition) is 2. The topological polar surface area (TPSA) is 33.1 Å². The summed E-state index contributed by atoms with van der Waals surface area (Å²) in [5.74, 6) is -0.408. The third kappa shape index (κ3) is 2.19. The molecular weight excluding hydrogens is 217 g/mol. The van der Waals surface area contributed by atoms with E-state index in [0.29, 0.717) is 5.69 Å². The lowest BCUT2D eigenvalue weighted by Crippen LogP contribution is -2.25. The maximum absolute atomic E-state index is 12.8. The minimum absolute atomic E-state index is 0.408. The zero-order valence-corrected chi connectivity index (χ0v) is 9.81. The lowest BCUT2D eigenvalue weighted by Gasteiger charge is -2.25. The number of benzene rings is 1. The molecular formula is C14H14FNO. The number of aromatic nitrogens is 1. The number of hydrogen-bond donors (Lipinski definition) is 1. The van der Waals surface area contributed by atoms with Crippen molar-refractivity contribution in [2.24, 2.45) is 0 Å². The summed E-state index contributed by atoms with van der Waals surface area (Å²) < 4.78 is 12.8. The highest BCUT2D eigenvalue weighted by molar-refractivity contribution is 5.36. The Morgan fingerprint density at radius 3 is 2.47 bits per heavy atom. The Kier molecular flexibility index (Phi) is 2.94. The van der Waals surface area contributed by atoms with Gasteiger partial charge in [-0.1, -0.05) is 24.3 Å². The van der Waals surface area contributed by atoms with E-state index >= 15 is 0 Å². The summed E-state index contributed by atoms with van der Waals surface area (Å²) in [5.41, 5.74) is 0.981. The van der Waals surface area contributed by atoms with Gasteiger partial charge in [-0.15, -0.1) is 0 Å².